The van der Waals surface area contributed by atoms with E-state index in [4.69, 9.17) is 5.73 Å². The highest BCUT2D eigenvalue weighted by molar-refractivity contribution is 9.10. The summed E-state index contributed by atoms with van der Waals surface area (Å²) in [6, 6.07) is 11.0. The lowest BCUT2D eigenvalue weighted by molar-refractivity contribution is -0.137. The van der Waals surface area contributed by atoms with Crippen LogP contribution in [0.5, 0.6) is 0 Å². The Kier molecular flexibility index (Phi) is 6.25. The van der Waals surface area contributed by atoms with E-state index >= 15 is 0 Å². The van der Waals surface area contributed by atoms with Crippen molar-refractivity contribution in [2.24, 2.45) is 0 Å². The van der Waals surface area contributed by atoms with Gasteiger partial charge in [0.15, 0.2) is 0 Å². The standard InChI is InChI=1S/C20H17BrF3N5O/c1-28(19-26-9-2-10-27-19)29(18(30)14-5-8-17(25)16(21)11-14)12-13-3-6-15(7-4-13)20(22,23)24/h2-11H,12,25H2,1H3. The first-order valence-electron chi connectivity index (χ1n) is 8.70. The smallest absolute Gasteiger partial charge is 0.398 e. The maximum absolute atomic E-state index is 13.2. The summed E-state index contributed by atoms with van der Waals surface area (Å²) >= 11 is 3.30. The van der Waals surface area contributed by atoms with Crippen LogP contribution in [-0.2, 0) is 12.7 Å². The number of carbonyl (C=O) groups is 1. The highest BCUT2D eigenvalue weighted by Gasteiger charge is 2.30. The predicted octanol–water partition coefficient (Wildman–Crippen LogP) is 4.53. The van der Waals surface area contributed by atoms with Gasteiger partial charge in [0.1, 0.15) is 0 Å². The third-order valence-corrected chi connectivity index (χ3v) is 4.99. The van der Waals surface area contributed by atoms with E-state index in [1.54, 1.807) is 31.3 Å². The van der Waals surface area contributed by atoms with Gasteiger partial charge in [-0.05, 0) is 57.9 Å². The first-order valence-corrected chi connectivity index (χ1v) is 9.50. The maximum atomic E-state index is 13.2. The van der Waals surface area contributed by atoms with Crippen LogP contribution in [0.4, 0.5) is 24.8 Å². The maximum Gasteiger partial charge on any atom is 0.416 e. The summed E-state index contributed by atoms with van der Waals surface area (Å²) in [6.45, 7) is 0.00766. The van der Waals surface area contributed by atoms with Gasteiger partial charge in [0.2, 0.25) is 5.95 Å². The lowest BCUT2D eigenvalue weighted by atomic mass is 10.1. The van der Waals surface area contributed by atoms with Crippen molar-refractivity contribution in [2.45, 2.75) is 12.7 Å². The molecule has 0 saturated carbocycles. The fourth-order valence-electron chi connectivity index (χ4n) is 2.66. The molecule has 1 amide bonds. The van der Waals surface area contributed by atoms with Gasteiger partial charge in [0, 0.05) is 35.2 Å². The predicted molar refractivity (Wildman–Crippen MR) is 110 cm³/mol. The molecular formula is C20H17BrF3N5O. The molecule has 30 heavy (non-hydrogen) atoms. The van der Waals surface area contributed by atoms with E-state index in [1.165, 1.54) is 34.5 Å². The van der Waals surface area contributed by atoms with Crippen molar-refractivity contribution in [2.75, 3.05) is 17.8 Å². The van der Waals surface area contributed by atoms with E-state index in [0.717, 1.165) is 12.1 Å². The summed E-state index contributed by atoms with van der Waals surface area (Å²) in [4.78, 5) is 21.5. The first-order chi connectivity index (χ1) is 14.2. The molecule has 0 aliphatic carbocycles. The van der Waals surface area contributed by atoms with Crippen molar-refractivity contribution in [3.05, 3.63) is 82.1 Å². The van der Waals surface area contributed by atoms with Crippen LogP contribution >= 0.6 is 15.9 Å². The number of nitrogens with zero attached hydrogens (tertiary/aromatic N) is 4. The molecule has 0 spiro atoms. The number of halogens is 4. The largest absolute Gasteiger partial charge is 0.416 e. The summed E-state index contributed by atoms with van der Waals surface area (Å²) in [5.74, 6) is -0.141. The number of alkyl halides is 3. The van der Waals surface area contributed by atoms with E-state index in [2.05, 4.69) is 25.9 Å². The number of nitrogen functional groups attached to an aromatic ring is 1. The van der Waals surface area contributed by atoms with Gasteiger partial charge < -0.3 is 5.73 Å². The van der Waals surface area contributed by atoms with Crippen molar-refractivity contribution in [1.29, 1.82) is 0 Å². The molecular weight excluding hydrogens is 463 g/mol. The van der Waals surface area contributed by atoms with Gasteiger partial charge in [-0.1, -0.05) is 12.1 Å². The Morgan fingerprint density at radius 1 is 1.10 bits per heavy atom. The highest BCUT2D eigenvalue weighted by Crippen LogP contribution is 2.29. The molecule has 0 fully saturated rings. The molecule has 0 radical (unpaired) electrons. The molecule has 10 heteroatoms. The zero-order valence-electron chi connectivity index (χ0n) is 15.8. The number of amides is 1. The van der Waals surface area contributed by atoms with Gasteiger partial charge in [0.25, 0.3) is 5.91 Å². The van der Waals surface area contributed by atoms with Crippen LogP contribution in [0.15, 0.2) is 65.4 Å². The van der Waals surface area contributed by atoms with Crippen LogP contribution in [0.1, 0.15) is 21.5 Å². The summed E-state index contributed by atoms with van der Waals surface area (Å²) in [6.07, 6.45) is -1.38. The van der Waals surface area contributed by atoms with Crippen molar-refractivity contribution in [3.8, 4) is 0 Å². The van der Waals surface area contributed by atoms with Crippen LogP contribution in [0.2, 0.25) is 0 Å². The zero-order chi connectivity index (χ0) is 21.9. The van der Waals surface area contributed by atoms with E-state index in [0.29, 0.717) is 21.3 Å². The molecule has 0 aliphatic heterocycles. The third kappa shape index (κ3) is 4.88. The van der Waals surface area contributed by atoms with Crippen molar-refractivity contribution in [3.63, 3.8) is 0 Å². The van der Waals surface area contributed by atoms with Gasteiger partial charge in [-0.3, -0.25) is 9.80 Å². The number of benzene rings is 2. The van der Waals surface area contributed by atoms with Gasteiger partial charge in [-0.2, -0.15) is 13.2 Å². The molecule has 1 aromatic heterocycles. The fraction of sp³-hybridized carbons (Fsp3) is 0.150. The van der Waals surface area contributed by atoms with Crippen LogP contribution in [-0.4, -0.2) is 27.9 Å². The van der Waals surface area contributed by atoms with E-state index < -0.39 is 17.6 Å². The number of carbonyl (C=O) groups excluding carboxylic acids is 1. The molecule has 0 saturated heterocycles. The van der Waals surface area contributed by atoms with Crippen LogP contribution in [0.3, 0.4) is 0 Å². The monoisotopic (exact) mass is 479 g/mol. The number of nitrogens with two attached hydrogens (primary N) is 1. The second-order valence-corrected chi connectivity index (χ2v) is 7.22. The van der Waals surface area contributed by atoms with Gasteiger partial charge in [-0.15, -0.1) is 0 Å². The van der Waals surface area contributed by atoms with Crippen molar-refractivity contribution < 1.29 is 18.0 Å². The number of hydrogen-bond acceptors (Lipinski definition) is 5. The molecule has 156 valence electrons. The topological polar surface area (TPSA) is 75.4 Å². The minimum atomic E-state index is -4.43. The number of anilines is 2. The molecule has 3 aromatic rings. The van der Waals surface area contributed by atoms with Crippen LogP contribution in [0, 0.1) is 0 Å². The SMILES string of the molecule is CN(c1ncccn1)N(Cc1ccc(C(F)(F)F)cc1)C(=O)c1ccc(N)c(Br)c1. The van der Waals surface area contributed by atoms with Crippen molar-refractivity contribution in [1.82, 2.24) is 15.0 Å². The van der Waals surface area contributed by atoms with Crippen LogP contribution < -0.4 is 10.7 Å². The Morgan fingerprint density at radius 3 is 2.30 bits per heavy atom. The highest BCUT2D eigenvalue weighted by atomic mass is 79.9. The quantitative estimate of drug-likeness (QED) is 0.429. The Bertz CT molecular complexity index is 1030. The van der Waals surface area contributed by atoms with Gasteiger partial charge in [0.05, 0.1) is 12.1 Å². The first kappa shape index (κ1) is 21.6. The molecule has 2 N–H and O–H groups in total. The molecule has 0 aliphatic rings. The third-order valence-electron chi connectivity index (χ3n) is 4.30. The second kappa shape index (κ2) is 8.70. The summed E-state index contributed by atoms with van der Waals surface area (Å²) in [7, 11) is 1.60. The zero-order valence-corrected chi connectivity index (χ0v) is 17.4. The minimum Gasteiger partial charge on any atom is -0.398 e. The average Bonchev–Trinajstić information content (AvgIpc) is 2.73. The lowest BCUT2D eigenvalue weighted by Crippen LogP contribution is -2.44. The average molecular weight is 480 g/mol. The molecule has 6 nitrogen and oxygen atoms in total. The summed E-state index contributed by atoms with van der Waals surface area (Å²) in [5, 5.41) is 2.79. The van der Waals surface area contributed by atoms with E-state index in [1.807, 2.05) is 0 Å². The van der Waals surface area contributed by atoms with E-state index in [-0.39, 0.29) is 12.5 Å². The molecule has 2 aromatic carbocycles. The lowest BCUT2D eigenvalue weighted by Gasteiger charge is -2.32. The van der Waals surface area contributed by atoms with Gasteiger partial charge >= 0.3 is 6.18 Å². The normalized spacial score (nSPS) is 11.2. The summed E-state index contributed by atoms with van der Waals surface area (Å²) < 4.78 is 39.1. The van der Waals surface area contributed by atoms with Crippen molar-refractivity contribution >= 4 is 33.5 Å². The Labute approximate surface area is 179 Å². The number of aromatic nitrogens is 2. The summed E-state index contributed by atoms with van der Waals surface area (Å²) in [5.41, 5.74) is 6.36. The number of rotatable bonds is 5. The molecule has 0 unspecified atom stereocenters. The Morgan fingerprint density at radius 2 is 1.73 bits per heavy atom. The minimum absolute atomic E-state index is 0.00766. The molecule has 0 bridgehead atoms. The number of hydrazine groups is 1. The number of hydrogen-bond donors (Lipinski definition) is 1. The molecule has 1 heterocycles. The Hall–Kier alpha value is -3.14. The molecule has 3 rings (SSSR count). The fourth-order valence-corrected chi connectivity index (χ4v) is 3.04. The van der Waals surface area contributed by atoms with Crippen LogP contribution in [0.25, 0.3) is 0 Å². The van der Waals surface area contributed by atoms with E-state index in [9.17, 15) is 18.0 Å². The Balaban J connectivity index is 1.94. The van der Waals surface area contributed by atoms with Gasteiger partial charge in [-0.25, -0.2) is 15.0 Å². The second-order valence-electron chi connectivity index (χ2n) is 6.37. The molecule has 0 atom stereocenters.